The third-order valence-electron chi connectivity index (χ3n) is 3.47. The number of nitrogens with zero attached hydrogens (tertiary/aromatic N) is 2. The molecule has 1 N–H and O–H groups in total. The Morgan fingerprint density at radius 2 is 1.95 bits per heavy atom. The summed E-state index contributed by atoms with van der Waals surface area (Å²) in [5.41, 5.74) is 0.167. The molecule has 1 aromatic carbocycles. The van der Waals surface area contributed by atoms with Crippen LogP contribution in [0.15, 0.2) is 23.1 Å². The van der Waals surface area contributed by atoms with E-state index in [0.717, 1.165) is 19.3 Å². The van der Waals surface area contributed by atoms with Gasteiger partial charge in [0.2, 0.25) is 10.0 Å². The van der Waals surface area contributed by atoms with Crippen LogP contribution in [0.25, 0.3) is 0 Å². The molecule has 2 rings (SSSR count). The Bertz CT molecular complexity index is 624. The molecule has 21 heavy (non-hydrogen) atoms. The van der Waals surface area contributed by atoms with Gasteiger partial charge in [0.1, 0.15) is 4.90 Å². The molecular weight excluding hydrogens is 294 g/mol. The van der Waals surface area contributed by atoms with Gasteiger partial charge >= 0.3 is 0 Å². The summed E-state index contributed by atoms with van der Waals surface area (Å²) >= 11 is 0. The summed E-state index contributed by atoms with van der Waals surface area (Å²) in [7, 11) is -3.61. The maximum Gasteiger partial charge on any atom is 0.271 e. The predicted molar refractivity (Wildman–Crippen MR) is 79.9 cm³/mol. The minimum Gasteiger partial charge on any atom is -0.384 e. The lowest BCUT2D eigenvalue weighted by Crippen LogP contribution is -2.36. The van der Waals surface area contributed by atoms with E-state index in [1.165, 1.54) is 22.5 Å². The number of nitro groups is 1. The number of nitro benzene ring substituents is 1. The largest absolute Gasteiger partial charge is 0.384 e. The highest BCUT2D eigenvalue weighted by atomic mass is 32.2. The van der Waals surface area contributed by atoms with Crippen LogP contribution in [-0.2, 0) is 10.0 Å². The van der Waals surface area contributed by atoms with Crippen LogP contribution in [0.2, 0.25) is 0 Å². The highest BCUT2D eigenvalue weighted by Gasteiger charge is 2.29. The topological polar surface area (TPSA) is 92.5 Å². The van der Waals surface area contributed by atoms with Gasteiger partial charge in [-0.1, -0.05) is 6.42 Å². The molecule has 0 amide bonds. The number of hydrogen-bond donors (Lipinski definition) is 1. The van der Waals surface area contributed by atoms with Crippen LogP contribution in [0.3, 0.4) is 0 Å². The predicted octanol–water partition coefficient (Wildman–Crippen LogP) is 2.20. The second kappa shape index (κ2) is 6.40. The van der Waals surface area contributed by atoms with Crippen LogP contribution in [-0.4, -0.2) is 37.3 Å². The molecule has 1 saturated heterocycles. The van der Waals surface area contributed by atoms with Crippen LogP contribution in [0.4, 0.5) is 11.4 Å². The highest BCUT2D eigenvalue weighted by molar-refractivity contribution is 7.89. The quantitative estimate of drug-likeness (QED) is 0.664. The Hall–Kier alpha value is -1.67. The molecule has 1 heterocycles. The molecule has 0 atom stereocenters. The van der Waals surface area contributed by atoms with Crippen LogP contribution in [0.5, 0.6) is 0 Å². The second-order valence-electron chi connectivity index (χ2n) is 4.93. The van der Waals surface area contributed by atoms with Gasteiger partial charge in [0, 0.05) is 31.8 Å². The van der Waals surface area contributed by atoms with Gasteiger partial charge in [-0.2, -0.15) is 4.31 Å². The van der Waals surface area contributed by atoms with E-state index in [9.17, 15) is 18.5 Å². The first-order valence-electron chi connectivity index (χ1n) is 6.99. The van der Waals surface area contributed by atoms with Crippen LogP contribution < -0.4 is 5.32 Å². The van der Waals surface area contributed by atoms with Crippen molar-refractivity contribution in [2.45, 2.75) is 31.1 Å². The molecule has 7 nitrogen and oxygen atoms in total. The normalized spacial score (nSPS) is 16.6. The summed E-state index contributed by atoms with van der Waals surface area (Å²) in [4.78, 5) is 10.4. The van der Waals surface area contributed by atoms with E-state index >= 15 is 0 Å². The van der Waals surface area contributed by atoms with E-state index in [2.05, 4.69) is 5.32 Å². The lowest BCUT2D eigenvalue weighted by atomic mass is 10.2. The second-order valence-corrected chi connectivity index (χ2v) is 6.84. The third kappa shape index (κ3) is 3.33. The minimum atomic E-state index is -3.61. The Balaban J connectivity index is 2.43. The fourth-order valence-corrected chi connectivity index (χ4v) is 4.10. The smallest absolute Gasteiger partial charge is 0.271 e. The Morgan fingerprint density at radius 1 is 1.29 bits per heavy atom. The number of anilines is 1. The molecule has 1 aliphatic heterocycles. The zero-order valence-corrected chi connectivity index (χ0v) is 12.7. The van der Waals surface area contributed by atoms with Gasteiger partial charge in [0.15, 0.2) is 0 Å². The number of benzene rings is 1. The summed E-state index contributed by atoms with van der Waals surface area (Å²) in [6.45, 7) is 3.32. The lowest BCUT2D eigenvalue weighted by Gasteiger charge is -2.26. The first-order valence-corrected chi connectivity index (χ1v) is 8.43. The molecule has 8 heteroatoms. The van der Waals surface area contributed by atoms with Crippen molar-refractivity contribution < 1.29 is 13.3 Å². The van der Waals surface area contributed by atoms with Crippen molar-refractivity contribution in [1.29, 1.82) is 0 Å². The summed E-state index contributed by atoms with van der Waals surface area (Å²) in [6.07, 6.45) is 2.73. The summed E-state index contributed by atoms with van der Waals surface area (Å²) in [6, 6.07) is 3.83. The minimum absolute atomic E-state index is 0.108. The summed E-state index contributed by atoms with van der Waals surface area (Å²) in [5, 5.41) is 13.7. The van der Waals surface area contributed by atoms with Crippen molar-refractivity contribution >= 4 is 21.4 Å². The van der Waals surface area contributed by atoms with Crippen molar-refractivity contribution in [3.05, 3.63) is 28.3 Å². The average Bonchev–Trinajstić information content (AvgIpc) is 2.48. The maximum absolute atomic E-state index is 12.7. The monoisotopic (exact) mass is 313 g/mol. The van der Waals surface area contributed by atoms with Crippen molar-refractivity contribution in [1.82, 2.24) is 4.31 Å². The first kappa shape index (κ1) is 15.7. The standard InChI is InChI=1S/C13H19N3O4S/c1-2-14-12-10-11(16(17)18)6-7-13(12)21(19,20)15-8-4-3-5-9-15/h6-7,10,14H,2-5,8-9H2,1H3. The number of hydrogen-bond acceptors (Lipinski definition) is 5. The number of nitrogens with one attached hydrogen (secondary N) is 1. The van der Waals surface area contributed by atoms with Crippen molar-refractivity contribution in [3.8, 4) is 0 Å². The zero-order valence-electron chi connectivity index (χ0n) is 11.9. The van der Waals surface area contributed by atoms with Gasteiger partial charge in [0.25, 0.3) is 5.69 Å². The molecule has 0 unspecified atom stereocenters. The molecule has 1 aromatic rings. The van der Waals surface area contributed by atoms with Gasteiger partial charge in [0.05, 0.1) is 10.6 Å². The van der Waals surface area contributed by atoms with E-state index in [1.807, 2.05) is 6.92 Å². The van der Waals surface area contributed by atoms with E-state index in [-0.39, 0.29) is 16.3 Å². The van der Waals surface area contributed by atoms with Gasteiger partial charge < -0.3 is 5.32 Å². The fraction of sp³-hybridized carbons (Fsp3) is 0.538. The van der Waals surface area contributed by atoms with E-state index < -0.39 is 14.9 Å². The molecule has 0 saturated carbocycles. The third-order valence-corrected chi connectivity index (χ3v) is 5.43. The number of piperidine rings is 1. The van der Waals surface area contributed by atoms with Crippen LogP contribution >= 0.6 is 0 Å². The Morgan fingerprint density at radius 3 is 2.52 bits per heavy atom. The summed E-state index contributed by atoms with van der Waals surface area (Å²) in [5.74, 6) is 0. The number of non-ortho nitro benzene ring substituents is 1. The first-order chi connectivity index (χ1) is 9.96. The van der Waals surface area contributed by atoms with E-state index in [4.69, 9.17) is 0 Å². The molecule has 1 aliphatic rings. The maximum atomic E-state index is 12.7. The van der Waals surface area contributed by atoms with Crippen molar-refractivity contribution in [2.24, 2.45) is 0 Å². The van der Waals surface area contributed by atoms with Crippen LogP contribution in [0.1, 0.15) is 26.2 Å². The number of rotatable bonds is 5. The molecule has 0 spiro atoms. The van der Waals surface area contributed by atoms with E-state index in [1.54, 1.807) is 0 Å². The van der Waals surface area contributed by atoms with Gasteiger partial charge in [-0.3, -0.25) is 10.1 Å². The average molecular weight is 313 g/mol. The molecule has 0 aromatic heterocycles. The molecule has 0 bridgehead atoms. The SMILES string of the molecule is CCNc1cc([N+](=O)[O-])ccc1S(=O)(=O)N1CCCCC1. The van der Waals surface area contributed by atoms with Gasteiger partial charge in [-0.25, -0.2) is 8.42 Å². The highest BCUT2D eigenvalue weighted by Crippen LogP contribution is 2.30. The zero-order chi connectivity index (χ0) is 15.5. The lowest BCUT2D eigenvalue weighted by molar-refractivity contribution is -0.384. The van der Waals surface area contributed by atoms with Gasteiger partial charge in [-0.05, 0) is 25.8 Å². The molecule has 1 fully saturated rings. The van der Waals surface area contributed by atoms with Crippen molar-refractivity contribution in [2.75, 3.05) is 25.0 Å². The van der Waals surface area contributed by atoms with Crippen LogP contribution in [0, 0.1) is 10.1 Å². The molecule has 116 valence electrons. The Kier molecular flexibility index (Phi) is 4.79. The van der Waals surface area contributed by atoms with Gasteiger partial charge in [-0.15, -0.1) is 0 Å². The molecule has 0 aliphatic carbocycles. The van der Waals surface area contributed by atoms with E-state index in [0.29, 0.717) is 19.6 Å². The molecule has 0 radical (unpaired) electrons. The fourth-order valence-electron chi connectivity index (χ4n) is 2.43. The molecular formula is C13H19N3O4S. The summed E-state index contributed by atoms with van der Waals surface area (Å²) < 4.78 is 26.8. The van der Waals surface area contributed by atoms with Crippen molar-refractivity contribution in [3.63, 3.8) is 0 Å². The number of sulfonamides is 1. The Labute approximate surface area is 124 Å².